The second-order valence-corrected chi connectivity index (χ2v) is 6.23. The van der Waals surface area contributed by atoms with E-state index in [-0.39, 0.29) is 11.8 Å². The quantitative estimate of drug-likeness (QED) is 0.579. The van der Waals surface area contributed by atoms with Gasteiger partial charge in [0.25, 0.3) is 5.91 Å². The molecule has 1 amide bonds. The number of hydrogen-bond donors (Lipinski definition) is 1. The van der Waals surface area contributed by atoms with Gasteiger partial charge in [-0.3, -0.25) is 10.1 Å². The molecule has 136 valence electrons. The predicted molar refractivity (Wildman–Crippen MR) is 99.9 cm³/mol. The van der Waals surface area contributed by atoms with E-state index in [0.29, 0.717) is 17.2 Å². The van der Waals surface area contributed by atoms with Crippen molar-refractivity contribution >= 4 is 22.9 Å². The first-order valence-electron chi connectivity index (χ1n) is 8.33. The average molecular weight is 363 g/mol. The Balaban J connectivity index is 1.58. The van der Waals surface area contributed by atoms with Crippen molar-refractivity contribution in [2.24, 2.45) is 0 Å². The number of rotatable bonds is 4. The summed E-state index contributed by atoms with van der Waals surface area (Å²) >= 11 is 0. The summed E-state index contributed by atoms with van der Waals surface area (Å²) in [7, 11) is 1.55. The smallest absolute Gasteiger partial charge is 0.322 e. The van der Waals surface area contributed by atoms with Gasteiger partial charge in [-0.1, -0.05) is 34.4 Å². The lowest BCUT2D eigenvalue weighted by Gasteiger charge is -2.00. The van der Waals surface area contributed by atoms with Gasteiger partial charge in [-0.25, -0.2) is 0 Å². The summed E-state index contributed by atoms with van der Waals surface area (Å²) in [5, 5.41) is 11.2. The molecule has 0 aliphatic rings. The molecule has 0 spiro atoms. The van der Waals surface area contributed by atoms with Gasteiger partial charge in [0.1, 0.15) is 0 Å². The largest absolute Gasteiger partial charge is 0.493 e. The number of furan rings is 1. The van der Waals surface area contributed by atoms with Gasteiger partial charge in [-0.05, 0) is 38.1 Å². The minimum Gasteiger partial charge on any atom is -0.493 e. The van der Waals surface area contributed by atoms with E-state index in [1.165, 1.54) is 0 Å². The Hall–Kier alpha value is -3.61. The van der Waals surface area contributed by atoms with E-state index in [9.17, 15) is 4.79 Å². The SMILES string of the molecule is COc1cccc2cc(C(=O)Nc3nnc(-c4cc(C)cc(C)c4)o3)oc12. The molecule has 0 aliphatic heterocycles. The van der Waals surface area contributed by atoms with Crippen LogP contribution in [0, 0.1) is 13.8 Å². The molecular formula is C20H17N3O4. The molecule has 7 nitrogen and oxygen atoms in total. The number of carbonyl (C=O) groups excluding carboxylic acids is 1. The zero-order valence-electron chi connectivity index (χ0n) is 15.1. The molecule has 0 radical (unpaired) electrons. The number of hydrogen-bond acceptors (Lipinski definition) is 6. The summed E-state index contributed by atoms with van der Waals surface area (Å²) in [4.78, 5) is 12.5. The van der Waals surface area contributed by atoms with Gasteiger partial charge in [0.05, 0.1) is 7.11 Å². The molecule has 0 aliphatic carbocycles. The van der Waals surface area contributed by atoms with Gasteiger partial charge in [0, 0.05) is 10.9 Å². The van der Waals surface area contributed by atoms with E-state index in [1.807, 2.05) is 38.1 Å². The van der Waals surface area contributed by atoms with Crippen molar-refractivity contribution in [3.63, 3.8) is 0 Å². The third-order valence-electron chi connectivity index (χ3n) is 4.07. The molecule has 1 N–H and O–H groups in total. The maximum Gasteiger partial charge on any atom is 0.322 e. The van der Waals surface area contributed by atoms with E-state index in [0.717, 1.165) is 22.1 Å². The van der Waals surface area contributed by atoms with Gasteiger partial charge in [-0.15, -0.1) is 5.10 Å². The van der Waals surface area contributed by atoms with Crippen molar-refractivity contribution in [1.29, 1.82) is 0 Å². The van der Waals surface area contributed by atoms with Crippen LogP contribution in [0.3, 0.4) is 0 Å². The maximum absolute atomic E-state index is 12.5. The molecule has 0 fully saturated rings. The molecule has 0 atom stereocenters. The Bertz CT molecular complexity index is 1120. The Morgan fingerprint density at radius 1 is 1.04 bits per heavy atom. The van der Waals surface area contributed by atoms with E-state index in [4.69, 9.17) is 13.6 Å². The van der Waals surface area contributed by atoms with E-state index in [2.05, 4.69) is 21.6 Å². The first-order chi connectivity index (χ1) is 13.0. The molecule has 7 heteroatoms. The van der Waals surface area contributed by atoms with Crippen molar-refractivity contribution in [1.82, 2.24) is 10.2 Å². The summed E-state index contributed by atoms with van der Waals surface area (Å²) in [6.45, 7) is 3.98. The van der Waals surface area contributed by atoms with Gasteiger partial charge in [0.15, 0.2) is 17.1 Å². The van der Waals surface area contributed by atoms with Gasteiger partial charge >= 0.3 is 6.01 Å². The number of carbonyl (C=O) groups is 1. The Morgan fingerprint density at radius 2 is 1.81 bits per heavy atom. The van der Waals surface area contributed by atoms with Crippen molar-refractivity contribution in [2.45, 2.75) is 13.8 Å². The zero-order valence-corrected chi connectivity index (χ0v) is 15.1. The summed E-state index contributed by atoms with van der Waals surface area (Å²) in [6, 6.07) is 13.0. The Kier molecular flexibility index (Phi) is 4.12. The fourth-order valence-electron chi connectivity index (χ4n) is 2.96. The highest BCUT2D eigenvalue weighted by atomic mass is 16.5. The topological polar surface area (TPSA) is 90.4 Å². The fourth-order valence-corrected chi connectivity index (χ4v) is 2.96. The second-order valence-electron chi connectivity index (χ2n) is 6.23. The normalized spacial score (nSPS) is 10.9. The number of aryl methyl sites for hydroxylation is 2. The van der Waals surface area contributed by atoms with Crippen LogP contribution in [0.25, 0.3) is 22.4 Å². The second kappa shape index (κ2) is 6.60. The van der Waals surface area contributed by atoms with Crippen LogP contribution in [-0.2, 0) is 0 Å². The first kappa shape index (κ1) is 16.8. The van der Waals surface area contributed by atoms with Gasteiger partial charge < -0.3 is 13.6 Å². The highest BCUT2D eigenvalue weighted by molar-refractivity contribution is 6.04. The minimum absolute atomic E-state index is 0.00146. The van der Waals surface area contributed by atoms with Crippen LogP contribution in [-0.4, -0.2) is 23.2 Å². The van der Waals surface area contributed by atoms with Crippen molar-refractivity contribution < 1.29 is 18.4 Å². The molecule has 4 aromatic rings. The maximum atomic E-state index is 12.5. The number of ether oxygens (including phenoxy) is 1. The van der Waals surface area contributed by atoms with Crippen molar-refractivity contribution in [2.75, 3.05) is 12.4 Å². The first-order valence-corrected chi connectivity index (χ1v) is 8.33. The van der Waals surface area contributed by atoms with E-state index < -0.39 is 5.91 Å². The van der Waals surface area contributed by atoms with Crippen LogP contribution < -0.4 is 10.1 Å². The molecular weight excluding hydrogens is 346 g/mol. The summed E-state index contributed by atoms with van der Waals surface area (Å²) < 4.78 is 16.4. The number of fused-ring (bicyclic) bond motifs is 1. The number of amides is 1. The van der Waals surface area contributed by atoms with Gasteiger partial charge in [0.2, 0.25) is 5.89 Å². The lowest BCUT2D eigenvalue weighted by Crippen LogP contribution is -2.10. The monoisotopic (exact) mass is 363 g/mol. The molecule has 2 aromatic heterocycles. The lowest BCUT2D eigenvalue weighted by atomic mass is 10.1. The number of aromatic nitrogens is 2. The van der Waals surface area contributed by atoms with Crippen LogP contribution in [0.15, 0.2) is 51.3 Å². The molecule has 27 heavy (non-hydrogen) atoms. The number of nitrogens with zero attached hydrogens (tertiary/aromatic N) is 2. The highest BCUT2D eigenvalue weighted by Crippen LogP contribution is 2.29. The number of benzene rings is 2. The third-order valence-corrected chi connectivity index (χ3v) is 4.07. The number of nitrogens with one attached hydrogen (secondary N) is 1. The molecule has 4 rings (SSSR count). The lowest BCUT2D eigenvalue weighted by molar-refractivity contribution is 0.0995. The van der Waals surface area contributed by atoms with E-state index >= 15 is 0 Å². The molecule has 2 aromatic carbocycles. The Morgan fingerprint density at radius 3 is 2.56 bits per heavy atom. The molecule has 0 unspecified atom stereocenters. The zero-order chi connectivity index (χ0) is 19.0. The molecule has 0 bridgehead atoms. The van der Waals surface area contributed by atoms with Crippen LogP contribution >= 0.6 is 0 Å². The molecule has 0 saturated heterocycles. The van der Waals surface area contributed by atoms with E-state index in [1.54, 1.807) is 19.2 Å². The summed E-state index contributed by atoms with van der Waals surface area (Å²) in [6.07, 6.45) is 0. The number of anilines is 1. The number of para-hydroxylation sites is 1. The Labute approximate surface area is 155 Å². The molecule has 2 heterocycles. The standard InChI is InChI=1S/C20H17N3O4/c1-11-7-12(2)9-14(8-11)19-22-23-20(27-19)21-18(24)16-10-13-5-4-6-15(25-3)17(13)26-16/h4-10H,1-3H3,(H,21,23,24). The minimum atomic E-state index is -0.483. The van der Waals surface area contributed by atoms with Crippen LogP contribution in [0.2, 0.25) is 0 Å². The highest BCUT2D eigenvalue weighted by Gasteiger charge is 2.18. The van der Waals surface area contributed by atoms with Crippen LogP contribution in [0.1, 0.15) is 21.7 Å². The van der Waals surface area contributed by atoms with Crippen LogP contribution in [0.5, 0.6) is 5.75 Å². The molecule has 0 saturated carbocycles. The average Bonchev–Trinajstić information content (AvgIpc) is 3.27. The predicted octanol–water partition coefficient (Wildman–Crippen LogP) is 4.36. The fraction of sp³-hybridized carbons (Fsp3) is 0.150. The summed E-state index contributed by atoms with van der Waals surface area (Å²) in [5.74, 6) is 0.536. The van der Waals surface area contributed by atoms with Crippen LogP contribution in [0.4, 0.5) is 6.01 Å². The third kappa shape index (κ3) is 3.27. The van der Waals surface area contributed by atoms with Crippen molar-refractivity contribution in [3.05, 3.63) is 59.4 Å². The number of methoxy groups -OCH3 is 1. The van der Waals surface area contributed by atoms with Gasteiger partial charge in [-0.2, -0.15) is 0 Å². The van der Waals surface area contributed by atoms with Crippen molar-refractivity contribution in [3.8, 4) is 17.2 Å². The summed E-state index contributed by atoms with van der Waals surface area (Å²) in [5.41, 5.74) is 3.48.